The first-order valence-corrected chi connectivity index (χ1v) is 8.17. The Bertz CT molecular complexity index is 751. The second-order valence-electron chi connectivity index (χ2n) is 5.76. The molecule has 0 N–H and O–H groups in total. The summed E-state index contributed by atoms with van der Waals surface area (Å²) in [6, 6.07) is 7.11. The summed E-state index contributed by atoms with van der Waals surface area (Å²) < 4.78 is 5.18. The lowest BCUT2D eigenvalue weighted by Gasteiger charge is -2.22. The van der Waals surface area contributed by atoms with Gasteiger partial charge in [0.05, 0.1) is 13.3 Å². The highest BCUT2D eigenvalue weighted by molar-refractivity contribution is 5.95. The van der Waals surface area contributed by atoms with Crippen LogP contribution in [0.25, 0.3) is 0 Å². The fourth-order valence-electron chi connectivity index (χ4n) is 2.83. The highest BCUT2D eigenvalue weighted by Crippen LogP contribution is 2.16. The Balaban J connectivity index is 1.67. The number of amides is 2. The zero-order chi connectivity index (χ0) is 17.6. The van der Waals surface area contributed by atoms with Crippen molar-refractivity contribution in [1.82, 2.24) is 19.8 Å². The number of hydrogen-bond donors (Lipinski definition) is 0. The molecule has 2 aromatic rings. The minimum absolute atomic E-state index is 0.0484. The van der Waals surface area contributed by atoms with Crippen LogP contribution in [0.4, 0.5) is 0 Å². The first-order valence-electron chi connectivity index (χ1n) is 8.17. The van der Waals surface area contributed by atoms with Gasteiger partial charge >= 0.3 is 0 Å². The van der Waals surface area contributed by atoms with Crippen LogP contribution in [-0.2, 0) is 0 Å². The average Bonchev–Trinajstić information content (AvgIpc) is 2.94. The predicted molar refractivity (Wildman–Crippen MR) is 91.5 cm³/mol. The summed E-state index contributed by atoms with van der Waals surface area (Å²) in [5.74, 6) is 0.455. The van der Waals surface area contributed by atoms with Gasteiger partial charge in [0, 0.05) is 44.1 Å². The summed E-state index contributed by atoms with van der Waals surface area (Å²) in [4.78, 5) is 36.7. The number of benzene rings is 1. The van der Waals surface area contributed by atoms with E-state index in [9.17, 15) is 9.59 Å². The van der Waals surface area contributed by atoms with Crippen LogP contribution in [0, 0.1) is 0 Å². The molecule has 1 aliphatic rings. The normalized spacial score (nSPS) is 14.8. The van der Waals surface area contributed by atoms with Crippen molar-refractivity contribution >= 4 is 11.8 Å². The van der Waals surface area contributed by atoms with E-state index in [1.807, 2.05) is 0 Å². The molecule has 1 saturated heterocycles. The number of hydrogen-bond acceptors (Lipinski definition) is 5. The average molecular weight is 340 g/mol. The Labute approximate surface area is 146 Å². The zero-order valence-corrected chi connectivity index (χ0v) is 14.1. The second-order valence-corrected chi connectivity index (χ2v) is 5.76. The lowest BCUT2D eigenvalue weighted by Crippen LogP contribution is -2.37. The van der Waals surface area contributed by atoms with E-state index in [4.69, 9.17) is 4.74 Å². The van der Waals surface area contributed by atoms with Crippen LogP contribution in [-0.4, -0.2) is 64.9 Å². The van der Waals surface area contributed by atoms with E-state index in [1.54, 1.807) is 41.2 Å². The molecule has 1 aromatic carbocycles. The van der Waals surface area contributed by atoms with Gasteiger partial charge in [0.2, 0.25) is 0 Å². The van der Waals surface area contributed by atoms with E-state index >= 15 is 0 Å². The highest BCUT2D eigenvalue weighted by Gasteiger charge is 2.24. The smallest absolute Gasteiger partial charge is 0.274 e. The van der Waals surface area contributed by atoms with Crippen LogP contribution in [0.3, 0.4) is 0 Å². The lowest BCUT2D eigenvalue weighted by atomic mass is 10.2. The number of carbonyl (C=O) groups excluding carboxylic acids is 2. The van der Waals surface area contributed by atoms with E-state index in [1.165, 1.54) is 18.6 Å². The summed E-state index contributed by atoms with van der Waals surface area (Å²) in [5, 5.41) is 0. The van der Waals surface area contributed by atoms with E-state index in [0.29, 0.717) is 43.2 Å². The van der Waals surface area contributed by atoms with Crippen molar-refractivity contribution in [3.8, 4) is 5.75 Å². The molecular formula is C18H20N4O3. The number of methoxy groups -OCH3 is 1. The van der Waals surface area contributed by atoms with Gasteiger partial charge in [0.15, 0.2) is 0 Å². The molecule has 0 atom stereocenters. The van der Waals surface area contributed by atoms with Crippen molar-refractivity contribution in [2.24, 2.45) is 0 Å². The van der Waals surface area contributed by atoms with Gasteiger partial charge in [-0.25, -0.2) is 4.98 Å². The Morgan fingerprint density at radius 1 is 1.04 bits per heavy atom. The fourth-order valence-corrected chi connectivity index (χ4v) is 2.83. The van der Waals surface area contributed by atoms with Gasteiger partial charge in [-0.05, 0) is 24.6 Å². The predicted octanol–water partition coefficient (Wildman–Crippen LogP) is 1.47. The quantitative estimate of drug-likeness (QED) is 0.846. The molecule has 0 aliphatic carbocycles. The Morgan fingerprint density at radius 2 is 1.80 bits per heavy atom. The maximum atomic E-state index is 12.7. The van der Waals surface area contributed by atoms with Gasteiger partial charge in [0.25, 0.3) is 11.8 Å². The maximum Gasteiger partial charge on any atom is 0.274 e. The number of ether oxygens (including phenoxy) is 1. The summed E-state index contributed by atoms with van der Waals surface area (Å²) in [5.41, 5.74) is 0.920. The standard InChI is InChI=1S/C18H20N4O3/c1-25-15-5-2-4-14(12-15)17(23)21-8-3-9-22(11-10-21)18(24)16-13-19-6-7-20-16/h2,4-7,12-13H,3,8-11H2,1H3. The molecule has 1 aliphatic heterocycles. The summed E-state index contributed by atoms with van der Waals surface area (Å²) >= 11 is 0. The molecule has 130 valence electrons. The molecule has 0 spiro atoms. The Morgan fingerprint density at radius 3 is 2.48 bits per heavy atom. The monoisotopic (exact) mass is 340 g/mol. The molecule has 3 rings (SSSR count). The van der Waals surface area contributed by atoms with Gasteiger partial charge < -0.3 is 14.5 Å². The van der Waals surface area contributed by atoms with Crippen molar-refractivity contribution in [1.29, 1.82) is 0 Å². The van der Waals surface area contributed by atoms with E-state index in [0.717, 1.165) is 6.42 Å². The van der Waals surface area contributed by atoms with Crippen LogP contribution in [0.1, 0.15) is 27.3 Å². The van der Waals surface area contributed by atoms with E-state index in [-0.39, 0.29) is 11.8 Å². The molecule has 1 fully saturated rings. The molecule has 0 unspecified atom stereocenters. The number of carbonyl (C=O) groups is 2. The minimum Gasteiger partial charge on any atom is -0.497 e. The molecule has 2 heterocycles. The third kappa shape index (κ3) is 3.93. The first kappa shape index (κ1) is 16.9. The van der Waals surface area contributed by atoms with Gasteiger partial charge in [0.1, 0.15) is 11.4 Å². The van der Waals surface area contributed by atoms with Crippen molar-refractivity contribution < 1.29 is 14.3 Å². The lowest BCUT2D eigenvalue weighted by molar-refractivity contribution is 0.0715. The largest absolute Gasteiger partial charge is 0.497 e. The molecule has 7 nitrogen and oxygen atoms in total. The topological polar surface area (TPSA) is 75.6 Å². The van der Waals surface area contributed by atoms with Crippen molar-refractivity contribution in [2.45, 2.75) is 6.42 Å². The highest BCUT2D eigenvalue weighted by atomic mass is 16.5. The van der Waals surface area contributed by atoms with E-state index < -0.39 is 0 Å². The molecule has 1 aromatic heterocycles. The molecular weight excluding hydrogens is 320 g/mol. The van der Waals surface area contributed by atoms with Crippen LogP contribution in [0.5, 0.6) is 5.75 Å². The molecule has 0 radical (unpaired) electrons. The zero-order valence-electron chi connectivity index (χ0n) is 14.1. The molecule has 7 heteroatoms. The number of aromatic nitrogens is 2. The van der Waals surface area contributed by atoms with Crippen LogP contribution < -0.4 is 4.74 Å². The number of rotatable bonds is 3. The van der Waals surface area contributed by atoms with E-state index in [2.05, 4.69) is 9.97 Å². The van der Waals surface area contributed by atoms with Gasteiger partial charge in [-0.15, -0.1) is 0 Å². The minimum atomic E-state index is -0.149. The third-order valence-electron chi connectivity index (χ3n) is 4.17. The van der Waals surface area contributed by atoms with Gasteiger partial charge in [-0.1, -0.05) is 6.07 Å². The van der Waals surface area contributed by atoms with Crippen LogP contribution in [0.2, 0.25) is 0 Å². The third-order valence-corrected chi connectivity index (χ3v) is 4.17. The van der Waals surface area contributed by atoms with Gasteiger partial charge in [-0.2, -0.15) is 0 Å². The Kier molecular flexibility index (Phi) is 5.23. The molecule has 25 heavy (non-hydrogen) atoms. The second kappa shape index (κ2) is 7.74. The Hall–Kier alpha value is -2.96. The van der Waals surface area contributed by atoms with Crippen molar-refractivity contribution in [2.75, 3.05) is 33.3 Å². The number of nitrogens with zero attached hydrogens (tertiary/aromatic N) is 4. The molecule has 0 bridgehead atoms. The van der Waals surface area contributed by atoms with Crippen molar-refractivity contribution in [3.05, 3.63) is 54.1 Å². The SMILES string of the molecule is COc1cccc(C(=O)N2CCCN(C(=O)c3cnccn3)CC2)c1. The van der Waals surface area contributed by atoms with Crippen LogP contribution in [0.15, 0.2) is 42.9 Å². The summed E-state index contributed by atoms with van der Waals surface area (Å²) in [7, 11) is 1.57. The maximum absolute atomic E-state index is 12.7. The van der Waals surface area contributed by atoms with Crippen molar-refractivity contribution in [3.63, 3.8) is 0 Å². The fraction of sp³-hybridized carbons (Fsp3) is 0.333. The summed E-state index contributed by atoms with van der Waals surface area (Å²) in [6.45, 7) is 2.17. The molecule has 0 saturated carbocycles. The molecule has 2 amide bonds. The van der Waals surface area contributed by atoms with Gasteiger partial charge in [-0.3, -0.25) is 14.6 Å². The van der Waals surface area contributed by atoms with Crippen LogP contribution >= 0.6 is 0 Å². The first-order chi connectivity index (χ1) is 12.2. The summed E-state index contributed by atoms with van der Waals surface area (Å²) in [6.07, 6.45) is 5.23.